The minimum absolute atomic E-state index is 0.173. The maximum Gasteiger partial charge on any atom is 0.312 e. The lowest BCUT2D eigenvalue weighted by atomic mass is 10.0. The molecule has 1 aliphatic carbocycles. The minimum Gasteiger partial charge on any atom is -0.469 e. The van der Waals surface area contributed by atoms with Crippen molar-refractivity contribution in [3.63, 3.8) is 0 Å². The summed E-state index contributed by atoms with van der Waals surface area (Å²) in [7, 11) is 2.96. The van der Waals surface area contributed by atoms with E-state index in [1.807, 2.05) is 24.3 Å². The van der Waals surface area contributed by atoms with Crippen molar-refractivity contribution in [1.82, 2.24) is 0 Å². The normalized spacial score (nSPS) is 22.2. The van der Waals surface area contributed by atoms with Crippen LogP contribution in [0.1, 0.15) is 17.2 Å². The summed E-state index contributed by atoms with van der Waals surface area (Å²) in [4.78, 5) is 11.7. The molecule has 4 heteroatoms. The highest BCUT2D eigenvalue weighted by atomic mass is 16.7. The number of methoxy groups -OCH3 is 2. The highest BCUT2D eigenvalue weighted by molar-refractivity contribution is 5.75. The van der Waals surface area contributed by atoms with Crippen LogP contribution in [0.4, 0.5) is 0 Å². The lowest BCUT2D eigenvalue weighted by Gasteiger charge is -2.18. The molecule has 0 heterocycles. The lowest BCUT2D eigenvalue weighted by Crippen LogP contribution is -2.23. The highest BCUT2D eigenvalue weighted by Gasteiger charge is 2.38. The number of esters is 1. The number of hydrogen-bond acceptors (Lipinski definition) is 4. The molecule has 0 amide bonds. The summed E-state index contributed by atoms with van der Waals surface area (Å²) in [6.07, 6.45) is 0.399. The fourth-order valence-electron chi connectivity index (χ4n) is 2.26. The maximum atomic E-state index is 11.7. The zero-order chi connectivity index (χ0) is 12.3. The molecule has 0 spiro atoms. The van der Waals surface area contributed by atoms with E-state index < -0.39 is 0 Å². The summed E-state index contributed by atoms with van der Waals surface area (Å²) in [5.41, 5.74) is 2.20. The average Bonchev–Trinajstić information content (AvgIpc) is 2.74. The van der Waals surface area contributed by atoms with Gasteiger partial charge in [-0.2, -0.15) is 0 Å². The third-order valence-electron chi connectivity index (χ3n) is 3.04. The molecule has 1 aliphatic rings. The van der Waals surface area contributed by atoms with Gasteiger partial charge in [-0.15, -0.1) is 0 Å². The van der Waals surface area contributed by atoms with Crippen LogP contribution in [-0.4, -0.2) is 27.0 Å². The molecule has 4 nitrogen and oxygen atoms in total. The monoisotopic (exact) mass is 236 g/mol. The van der Waals surface area contributed by atoms with Crippen molar-refractivity contribution in [3.05, 3.63) is 35.4 Å². The summed E-state index contributed by atoms with van der Waals surface area (Å²) in [5.74, 6) is -0.505. The van der Waals surface area contributed by atoms with Gasteiger partial charge in [0.05, 0.1) is 19.1 Å². The second-order valence-electron chi connectivity index (χ2n) is 4.03. The van der Waals surface area contributed by atoms with Gasteiger partial charge in [-0.05, 0) is 17.5 Å². The van der Waals surface area contributed by atoms with Gasteiger partial charge in [-0.1, -0.05) is 24.3 Å². The molecular weight excluding hydrogens is 220 g/mol. The van der Waals surface area contributed by atoms with E-state index in [4.69, 9.17) is 14.2 Å². The van der Waals surface area contributed by atoms with Crippen molar-refractivity contribution in [3.8, 4) is 0 Å². The first-order valence-electron chi connectivity index (χ1n) is 5.54. The van der Waals surface area contributed by atoms with Crippen LogP contribution in [0.2, 0.25) is 0 Å². The summed E-state index contributed by atoms with van der Waals surface area (Å²) < 4.78 is 15.3. The number of ether oxygens (including phenoxy) is 3. The topological polar surface area (TPSA) is 44.8 Å². The van der Waals surface area contributed by atoms with Crippen molar-refractivity contribution >= 4 is 5.97 Å². The molecule has 2 rings (SSSR count). The van der Waals surface area contributed by atoms with Crippen LogP contribution in [-0.2, 0) is 25.4 Å². The Morgan fingerprint density at radius 3 is 2.82 bits per heavy atom. The van der Waals surface area contributed by atoms with Crippen molar-refractivity contribution in [1.29, 1.82) is 0 Å². The van der Waals surface area contributed by atoms with Crippen LogP contribution in [0.5, 0.6) is 0 Å². The summed E-state index contributed by atoms with van der Waals surface area (Å²) in [6.45, 7) is 0.173. The molecule has 0 bridgehead atoms. The van der Waals surface area contributed by atoms with Crippen LogP contribution >= 0.6 is 0 Å². The Morgan fingerprint density at radius 2 is 2.12 bits per heavy atom. The predicted octanol–water partition coefficient (Wildman–Crippen LogP) is 1.69. The summed E-state index contributed by atoms with van der Waals surface area (Å²) in [5, 5.41) is 0. The molecule has 17 heavy (non-hydrogen) atoms. The average molecular weight is 236 g/mol. The van der Waals surface area contributed by atoms with Gasteiger partial charge in [0, 0.05) is 7.11 Å². The van der Waals surface area contributed by atoms with Gasteiger partial charge in [0.2, 0.25) is 0 Å². The quantitative estimate of drug-likeness (QED) is 0.589. The Balaban J connectivity index is 2.23. The first-order valence-corrected chi connectivity index (χ1v) is 5.54. The molecule has 0 saturated carbocycles. The molecule has 0 saturated heterocycles. The standard InChI is InChI=1S/C13H16O4/c1-15-8-17-12-10-6-4-3-5-9(10)7-11(12)13(14)16-2/h3-6,11-12H,7-8H2,1-2H3/t11-,12+/m1/s1. The number of rotatable bonds is 4. The van der Waals surface area contributed by atoms with E-state index in [-0.39, 0.29) is 24.8 Å². The predicted molar refractivity (Wildman–Crippen MR) is 61.4 cm³/mol. The van der Waals surface area contributed by atoms with E-state index in [0.717, 1.165) is 11.1 Å². The fraction of sp³-hybridized carbons (Fsp3) is 0.462. The third-order valence-corrected chi connectivity index (χ3v) is 3.04. The molecule has 0 aliphatic heterocycles. The number of fused-ring (bicyclic) bond motifs is 1. The van der Waals surface area contributed by atoms with E-state index in [1.54, 1.807) is 7.11 Å². The number of benzene rings is 1. The molecule has 1 aromatic carbocycles. The summed E-state index contributed by atoms with van der Waals surface area (Å²) in [6, 6.07) is 7.91. The Morgan fingerprint density at radius 1 is 1.35 bits per heavy atom. The van der Waals surface area contributed by atoms with Gasteiger partial charge in [0.1, 0.15) is 6.79 Å². The first-order chi connectivity index (χ1) is 8.27. The molecule has 92 valence electrons. The lowest BCUT2D eigenvalue weighted by molar-refractivity contribution is -0.155. The Kier molecular flexibility index (Phi) is 3.76. The van der Waals surface area contributed by atoms with Crippen LogP contribution < -0.4 is 0 Å². The fourth-order valence-corrected chi connectivity index (χ4v) is 2.26. The highest BCUT2D eigenvalue weighted by Crippen LogP contribution is 2.39. The van der Waals surface area contributed by atoms with Gasteiger partial charge in [-0.25, -0.2) is 0 Å². The van der Waals surface area contributed by atoms with Gasteiger partial charge in [0.25, 0.3) is 0 Å². The van der Waals surface area contributed by atoms with Crippen molar-refractivity contribution in [2.75, 3.05) is 21.0 Å². The number of carbonyl (C=O) groups is 1. The zero-order valence-corrected chi connectivity index (χ0v) is 10.0. The molecule has 0 N–H and O–H groups in total. The number of hydrogen-bond donors (Lipinski definition) is 0. The molecule has 0 radical (unpaired) electrons. The van der Waals surface area contributed by atoms with E-state index in [2.05, 4.69) is 0 Å². The number of carbonyl (C=O) groups excluding carboxylic acids is 1. The smallest absolute Gasteiger partial charge is 0.312 e. The Bertz CT molecular complexity index is 402. The zero-order valence-electron chi connectivity index (χ0n) is 10.0. The van der Waals surface area contributed by atoms with Gasteiger partial charge < -0.3 is 14.2 Å². The van der Waals surface area contributed by atoms with Crippen LogP contribution in [0, 0.1) is 5.92 Å². The Hall–Kier alpha value is -1.39. The summed E-state index contributed by atoms with van der Waals surface area (Å²) >= 11 is 0. The molecule has 2 atom stereocenters. The van der Waals surface area contributed by atoms with E-state index in [1.165, 1.54) is 7.11 Å². The van der Waals surface area contributed by atoms with Crippen molar-refractivity contribution in [2.45, 2.75) is 12.5 Å². The van der Waals surface area contributed by atoms with Crippen molar-refractivity contribution in [2.24, 2.45) is 5.92 Å². The van der Waals surface area contributed by atoms with Crippen LogP contribution in [0.15, 0.2) is 24.3 Å². The van der Waals surface area contributed by atoms with Gasteiger partial charge in [-0.3, -0.25) is 4.79 Å². The maximum absolute atomic E-state index is 11.7. The second kappa shape index (κ2) is 5.29. The minimum atomic E-state index is -0.271. The van der Waals surface area contributed by atoms with Gasteiger partial charge in [0.15, 0.2) is 0 Å². The molecule has 0 fully saturated rings. The van der Waals surface area contributed by atoms with Crippen LogP contribution in [0.25, 0.3) is 0 Å². The van der Waals surface area contributed by atoms with Gasteiger partial charge >= 0.3 is 5.97 Å². The largest absolute Gasteiger partial charge is 0.469 e. The van der Waals surface area contributed by atoms with Crippen molar-refractivity contribution < 1.29 is 19.0 Å². The van der Waals surface area contributed by atoms with E-state index in [9.17, 15) is 4.79 Å². The SMILES string of the molecule is COCO[C@H]1c2ccccc2C[C@H]1C(=O)OC. The van der Waals surface area contributed by atoms with E-state index >= 15 is 0 Å². The second-order valence-corrected chi connectivity index (χ2v) is 4.03. The molecule has 0 aromatic heterocycles. The molecule has 0 unspecified atom stereocenters. The first kappa shape index (κ1) is 12.1. The molecule has 1 aromatic rings. The Labute approximate surface area is 100 Å². The van der Waals surface area contributed by atoms with Crippen LogP contribution in [0.3, 0.4) is 0 Å². The third kappa shape index (κ3) is 2.33. The van der Waals surface area contributed by atoms with E-state index in [0.29, 0.717) is 6.42 Å². The molecular formula is C13H16O4.